The molecule has 0 saturated carbocycles. The lowest BCUT2D eigenvalue weighted by Gasteiger charge is -2.20. The van der Waals surface area contributed by atoms with Crippen molar-refractivity contribution < 1.29 is 0 Å². The number of terminal acetylenes is 2. The van der Waals surface area contributed by atoms with E-state index in [1.165, 1.54) is 5.19 Å². The Labute approximate surface area is 87.4 Å². The first-order valence-corrected chi connectivity index (χ1v) is 8.07. The second kappa shape index (κ2) is 3.74. The van der Waals surface area contributed by atoms with E-state index in [0.717, 1.165) is 11.1 Å². The molecule has 1 heteroatoms. The largest absolute Gasteiger partial charge is 0.115 e. The highest BCUT2D eigenvalue weighted by Crippen LogP contribution is 2.10. The minimum absolute atomic E-state index is 0.958. The minimum Gasteiger partial charge on any atom is -0.115 e. The van der Waals surface area contributed by atoms with Gasteiger partial charge in [-0.2, -0.15) is 0 Å². The van der Waals surface area contributed by atoms with Gasteiger partial charge in [0.2, 0.25) is 0 Å². The molecule has 70 valence electrons. The van der Waals surface area contributed by atoms with Gasteiger partial charge in [-0.25, -0.2) is 0 Å². The zero-order chi connectivity index (χ0) is 10.8. The number of hydrogen-bond donors (Lipinski definition) is 0. The Morgan fingerprint density at radius 2 is 1.43 bits per heavy atom. The molecule has 0 aliphatic rings. The van der Waals surface area contributed by atoms with Gasteiger partial charge < -0.3 is 0 Å². The fraction of sp³-hybridized carbons (Fsp3) is 0.231. The van der Waals surface area contributed by atoms with Crippen LogP contribution in [0.4, 0.5) is 0 Å². The van der Waals surface area contributed by atoms with Crippen molar-refractivity contribution in [3.8, 4) is 24.7 Å². The van der Waals surface area contributed by atoms with Gasteiger partial charge in [0.25, 0.3) is 0 Å². The molecular weight excluding hydrogens is 184 g/mol. The number of benzene rings is 1. The fourth-order valence-corrected chi connectivity index (χ4v) is 3.53. The van der Waals surface area contributed by atoms with Crippen LogP contribution >= 0.6 is 0 Å². The van der Waals surface area contributed by atoms with Crippen LogP contribution in [0.5, 0.6) is 0 Å². The molecule has 0 amide bonds. The highest BCUT2D eigenvalue weighted by atomic mass is 28.3. The molecule has 0 unspecified atom stereocenters. The van der Waals surface area contributed by atoms with Crippen LogP contribution < -0.4 is 5.19 Å². The summed E-state index contributed by atoms with van der Waals surface area (Å²) in [6, 6.07) is 5.86. The summed E-state index contributed by atoms with van der Waals surface area (Å²) in [4.78, 5) is 0. The van der Waals surface area contributed by atoms with Crippen LogP contribution in [0, 0.1) is 24.7 Å². The molecule has 0 spiro atoms. The summed E-state index contributed by atoms with van der Waals surface area (Å²) >= 11 is 0. The van der Waals surface area contributed by atoms with Gasteiger partial charge in [-0.05, 0) is 17.3 Å². The summed E-state index contributed by atoms with van der Waals surface area (Å²) in [7, 11) is -1.45. The Morgan fingerprint density at radius 1 is 1.00 bits per heavy atom. The van der Waals surface area contributed by atoms with Gasteiger partial charge in [0.1, 0.15) is 0 Å². The van der Waals surface area contributed by atoms with Crippen molar-refractivity contribution in [2.24, 2.45) is 0 Å². The molecule has 0 aliphatic carbocycles. The van der Waals surface area contributed by atoms with Gasteiger partial charge in [0.15, 0.2) is 0 Å². The molecule has 0 saturated heterocycles. The lowest BCUT2D eigenvalue weighted by molar-refractivity contribution is 1.60. The molecule has 0 heterocycles. The predicted molar refractivity (Wildman–Crippen MR) is 65.3 cm³/mol. The molecule has 0 aromatic heterocycles. The monoisotopic (exact) mass is 198 g/mol. The molecule has 0 bridgehead atoms. The Hall–Kier alpha value is -1.44. The Balaban J connectivity index is 3.54. The summed E-state index contributed by atoms with van der Waals surface area (Å²) in [5, 5.41) is 1.23. The zero-order valence-electron chi connectivity index (χ0n) is 8.89. The summed E-state index contributed by atoms with van der Waals surface area (Å²) < 4.78 is 0. The van der Waals surface area contributed by atoms with Crippen molar-refractivity contribution >= 4 is 13.3 Å². The van der Waals surface area contributed by atoms with Crippen LogP contribution in [-0.2, 0) is 0 Å². The molecule has 1 rings (SSSR count). The average molecular weight is 198 g/mol. The van der Waals surface area contributed by atoms with E-state index in [2.05, 4.69) is 31.5 Å². The summed E-state index contributed by atoms with van der Waals surface area (Å²) in [6.07, 6.45) is 10.9. The first kappa shape index (κ1) is 10.6. The lowest BCUT2D eigenvalue weighted by atomic mass is 10.1. The molecule has 14 heavy (non-hydrogen) atoms. The van der Waals surface area contributed by atoms with Crippen LogP contribution in [0.15, 0.2) is 18.2 Å². The van der Waals surface area contributed by atoms with E-state index in [1.807, 2.05) is 18.2 Å². The van der Waals surface area contributed by atoms with Crippen molar-refractivity contribution in [2.75, 3.05) is 0 Å². The van der Waals surface area contributed by atoms with E-state index in [9.17, 15) is 0 Å². The smallest absolute Gasteiger partial charge is 0.0808 e. The molecule has 0 nitrogen and oxygen atoms in total. The topological polar surface area (TPSA) is 0 Å². The van der Waals surface area contributed by atoms with Gasteiger partial charge in [-0.15, -0.1) is 12.8 Å². The van der Waals surface area contributed by atoms with Gasteiger partial charge in [0, 0.05) is 11.1 Å². The maximum atomic E-state index is 5.47. The van der Waals surface area contributed by atoms with Gasteiger partial charge in [-0.3, -0.25) is 0 Å². The highest BCUT2D eigenvalue weighted by molar-refractivity contribution is 6.89. The van der Waals surface area contributed by atoms with Gasteiger partial charge in [0.05, 0.1) is 8.07 Å². The quantitative estimate of drug-likeness (QED) is 0.479. The van der Waals surface area contributed by atoms with Crippen molar-refractivity contribution in [1.82, 2.24) is 0 Å². The Morgan fingerprint density at radius 3 is 1.71 bits per heavy atom. The third kappa shape index (κ3) is 1.90. The zero-order valence-corrected chi connectivity index (χ0v) is 9.89. The first-order chi connectivity index (χ1) is 6.50. The average Bonchev–Trinajstić information content (AvgIpc) is 2.15. The molecule has 1 aromatic rings. The van der Waals surface area contributed by atoms with Crippen molar-refractivity contribution in [3.63, 3.8) is 0 Å². The summed E-state index contributed by atoms with van der Waals surface area (Å²) in [5.41, 5.74) is 1.92. The molecule has 0 aliphatic heterocycles. The van der Waals surface area contributed by atoms with E-state index in [1.54, 1.807) is 0 Å². The lowest BCUT2D eigenvalue weighted by Crippen LogP contribution is -2.41. The number of hydrogen-bond acceptors (Lipinski definition) is 0. The second-order valence-electron chi connectivity index (χ2n) is 4.27. The van der Waals surface area contributed by atoms with Gasteiger partial charge >= 0.3 is 0 Å². The predicted octanol–water partition coefficient (Wildman–Crippen LogP) is 2.19. The van der Waals surface area contributed by atoms with E-state index < -0.39 is 8.07 Å². The van der Waals surface area contributed by atoms with Crippen LogP contribution in [-0.4, -0.2) is 8.07 Å². The molecule has 0 radical (unpaired) electrons. The van der Waals surface area contributed by atoms with Crippen LogP contribution in [0.25, 0.3) is 0 Å². The first-order valence-electron chi connectivity index (χ1n) is 4.57. The van der Waals surface area contributed by atoms with E-state index in [0.29, 0.717) is 0 Å². The molecule has 1 aromatic carbocycles. The van der Waals surface area contributed by atoms with E-state index >= 15 is 0 Å². The molecular formula is C13H14Si. The third-order valence-electron chi connectivity index (χ3n) is 2.13. The fourth-order valence-electron chi connectivity index (χ4n) is 1.60. The van der Waals surface area contributed by atoms with E-state index in [4.69, 9.17) is 12.8 Å². The van der Waals surface area contributed by atoms with E-state index in [-0.39, 0.29) is 0 Å². The standard InChI is InChI=1S/C13H14Si/c1-6-11-9-8-10-12(7-2)13(11)14(3,4)5/h1-2,8-10H,3-5H3. The van der Waals surface area contributed by atoms with Crippen molar-refractivity contribution in [1.29, 1.82) is 0 Å². The number of rotatable bonds is 1. The second-order valence-corrected chi connectivity index (χ2v) is 9.27. The SMILES string of the molecule is C#Cc1cccc(C#C)c1[Si](C)(C)C. The Kier molecular flexibility index (Phi) is 2.84. The third-order valence-corrected chi connectivity index (χ3v) is 4.16. The normalized spacial score (nSPS) is 10.4. The maximum Gasteiger partial charge on any atom is 0.0808 e. The Bertz CT molecular complexity index is 390. The maximum absolute atomic E-state index is 5.47. The van der Waals surface area contributed by atoms with Crippen molar-refractivity contribution in [3.05, 3.63) is 29.3 Å². The molecule has 0 N–H and O–H groups in total. The molecule has 0 fully saturated rings. The van der Waals surface area contributed by atoms with Gasteiger partial charge in [-0.1, -0.05) is 37.5 Å². The van der Waals surface area contributed by atoms with Crippen LogP contribution in [0.3, 0.4) is 0 Å². The summed E-state index contributed by atoms with van der Waals surface area (Å²) in [6.45, 7) is 6.76. The highest BCUT2D eigenvalue weighted by Gasteiger charge is 2.22. The molecule has 0 atom stereocenters. The van der Waals surface area contributed by atoms with Crippen molar-refractivity contribution in [2.45, 2.75) is 19.6 Å². The summed E-state index contributed by atoms with van der Waals surface area (Å²) in [5.74, 6) is 5.43. The minimum atomic E-state index is -1.45. The van der Waals surface area contributed by atoms with Crippen LogP contribution in [0.2, 0.25) is 19.6 Å². The van der Waals surface area contributed by atoms with Crippen LogP contribution in [0.1, 0.15) is 11.1 Å².